The maximum absolute atomic E-state index is 12.5. The summed E-state index contributed by atoms with van der Waals surface area (Å²) in [5.41, 5.74) is 0.905. The molecule has 3 rings (SSSR count). The van der Waals surface area contributed by atoms with Gasteiger partial charge in [-0.25, -0.2) is 0 Å². The van der Waals surface area contributed by atoms with Gasteiger partial charge in [0.1, 0.15) is 19.0 Å². The van der Waals surface area contributed by atoms with Crippen LogP contribution in [0.2, 0.25) is 0 Å². The fraction of sp³-hybridized carbons (Fsp3) is 0.364. The smallest absolute Gasteiger partial charge is 0.416 e. The average molecular weight is 405 g/mol. The Balaban J connectivity index is 1.37. The van der Waals surface area contributed by atoms with Gasteiger partial charge in [-0.05, 0) is 48.2 Å². The van der Waals surface area contributed by atoms with Gasteiger partial charge in [0.05, 0.1) is 5.56 Å². The molecule has 0 bridgehead atoms. The number of oxime groups is 1. The van der Waals surface area contributed by atoms with Crippen LogP contribution in [0.1, 0.15) is 36.0 Å². The van der Waals surface area contributed by atoms with Gasteiger partial charge in [0.2, 0.25) is 0 Å². The number of alkyl halides is 3. The largest absolute Gasteiger partial charge is 0.486 e. The fourth-order valence-electron chi connectivity index (χ4n) is 2.82. The molecule has 2 aromatic rings. The van der Waals surface area contributed by atoms with Gasteiger partial charge < -0.3 is 9.57 Å². The van der Waals surface area contributed by atoms with E-state index in [9.17, 15) is 18.0 Å². The summed E-state index contributed by atoms with van der Waals surface area (Å²) in [7, 11) is 0. The molecular formula is C22H22F3NO3. The molecule has 29 heavy (non-hydrogen) atoms. The molecule has 1 aliphatic carbocycles. The van der Waals surface area contributed by atoms with Crippen molar-refractivity contribution >= 4 is 12.0 Å². The Bertz CT molecular complexity index is 826. The van der Waals surface area contributed by atoms with Gasteiger partial charge in [-0.1, -0.05) is 35.8 Å². The summed E-state index contributed by atoms with van der Waals surface area (Å²) in [4.78, 5) is 16.9. The molecule has 0 unspecified atom stereocenters. The van der Waals surface area contributed by atoms with E-state index in [0.717, 1.165) is 37.0 Å². The molecule has 1 fully saturated rings. The lowest BCUT2D eigenvalue weighted by Crippen LogP contribution is -2.26. The Morgan fingerprint density at radius 1 is 1.03 bits per heavy atom. The van der Waals surface area contributed by atoms with E-state index in [1.54, 1.807) is 18.3 Å². The molecule has 0 heterocycles. The second-order valence-corrected chi connectivity index (χ2v) is 6.99. The number of carbonyl (C=O) groups is 1. The summed E-state index contributed by atoms with van der Waals surface area (Å²) in [6.07, 6.45) is 0.849. The predicted molar refractivity (Wildman–Crippen MR) is 103 cm³/mol. The Kier molecular flexibility index (Phi) is 6.90. The molecule has 1 aliphatic rings. The second-order valence-electron chi connectivity index (χ2n) is 6.99. The fourth-order valence-corrected chi connectivity index (χ4v) is 2.82. The Hall–Kier alpha value is -2.83. The summed E-state index contributed by atoms with van der Waals surface area (Å²) in [6.45, 7) is 0.208. The predicted octanol–water partition coefficient (Wildman–Crippen LogP) is 5.20. The highest BCUT2D eigenvalue weighted by Gasteiger charge is 2.29. The number of hydrogen-bond donors (Lipinski definition) is 0. The van der Waals surface area contributed by atoms with Crippen molar-refractivity contribution in [2.24, 2.45) is 11.1 Å². The molecule has 0 spiro atoms. The van der Waals surface area contributed by atoms with E-state index in [1.165, 1.54) is 12.1 Å². The number of benzene rings is 2. The first-order valence-corrected chi connectivity index (χ1v) is 9.46. The number of nitrogens with zero attached hydrogens (tertiary/aromatic N) is 1. The van der Waals surface area contributed by atoms with Crippen molar-refractivity contribution in [3.05, 3.63) is 65.2 Å². The first-order chi connectivity index (χ1) is 13.9. The van der Waals surface area contributed by atoms with Crippen molar-refractivity contribution in [1.82, 2.24) is 0 Å². The molecular weight excluding hydrogens is 383 g/mol. The lowest BCUT2D eigenvalue weighted by Gasteiger charge is -2.23. The van der Waals surface area contributed by atoms with Gasteiger partial charge in [-0.15, -0.1) is 0 Å². The summed E-state index contributed by atoms with van der Waals surface area (Å²) < 4.78 is 43.0. The molecule has 2 aromatic carbocycles. The third-order valence-corrected chi connectivity index (χ3v) is 4.85. The van der Waals surface area contributed by atoms with Crippen LogP contribution >= 0.6 is 0 Å². The topological polar surface area (TPSA) is 47.9 Å². The maximum atomic E-state index is 12.5. The molecule has 0 atom stereocenters. The molecule has 0 N–H and O–H groups in total. The minimum atomic E-state index is -4.34. The Morgan fingerprint density at radius 3 is 2.28 bits per heavy atom. The number of rotatable bonds is 9. The number of ketones is 1. The van der Waals surface area contributed by atoms with Crippen molar-refractivity contribution in [2.75, 3.05) is 6.61 Å². The maximum Gasteiger partial charge on any atom is 0.416 e. The van der Waals surface area contributed by atoms with Gasteiger partial charge in [0.15, 0.2) is 5.78 Å². The van der Waals surface area contributed by atoms with Gasteiger partial charge in [-0.2, -0.15) is 13.2 Å². The van der Waals surface area contributed by atoms with Crippen LogP contribution in [-0.2, 0) is 28.8 Å². The first kappa shape index (κ1) is 20.9. The number of carbonyl (C=O) groups excluding carboxylic acids is 1. The molecule has 0 aromatic heterocycles. The molecule has 1 saturated carbocycles. The Labute approximate surface area is 167 Å². The van der Waals surface area contributed by atoms with Crippen LogP contribution < -0.4 is 4.74 Å². The molecule has 0 saturated heterocycles. The number of ether oxygens (including phenoxy) is 1. The van der Waals surface area contributed by atoms with E-state index >= 15 is 0 Å². The zero-order valence-corrected chi connectivity index (χ0v) is 15.8. The monoisotopic (exact) mass is 405 g/mol. The third-order valence-electron chi connectivity index (χ3n) is 4.85. The molecule has 4 nitrogen and oxygen atoms in total. The zero-order valence-electron chi connectivity index (χ0n) is 15.8. The molecule has 0 radical (unpaired) electrons. The number of halogens is 3. The van der Waals surface area contributed by atoms with Crippen molar-refractivity contribution < 1.29 is 27.5 Å². The summed E-state index contributed by atoms with van der Waals surface area (Å²) >= 11 is 0. The van der Waals surface area contributed by atoms with Crippen LogP contribution in [0.25, 0.3) is 0 Å². The molecule has 0 amide bonds. The first-order valence-electron chi connectivity index (χ1n) is 9.46. The van der Waals surface area contributed by atoms with Crippen LogP contribution in [0.15, 0.2) is 53.7 Å². The van der Waals surface area contributed by atoms with Crippen LogP contribution in [-0.4, -0.2) is 18.6 Å². The summed E-state index contributed by atoms with van der Waals surface area (Å²) in [5, 5.41) is 3.83. The number of Topliss-reactive ketones (excluding diaryl/α,β-unsaturated/α-hetero) is 1. The lowest BCUT2D eigenvalue weighted by molar-refractivity contribution is -0.137. The molecule has 7 heteroatoms. The molecule has 154 valence electrons. The lowest BCUT2D eigenvalue weighted by atomic mass is 9.82. The minimum absolute atomic E-state index is 0.0937. The van der Waals surface area contributed by atoms with Crippen molar-refractivity contribution in [2.45, 2.75) is 38.5 Å². The second kappa shape index (κ2) is 9.58. The highest BCUT2D eigenvalue weighted by Crippen LogP contribution is 2.29. The van der Waals surface area contributed by atoms with Gasteiger partial charge in [-0.3, -0.25) is 4.79 Å². The quantitative estimate of drug-likeness (QED) is 0.426. The van der Waals surface area contributed by atoms with Crippen molar-refractivity contribution in [3.63, 3.8) is 0 Å². The minimum Gasteiger partial charge on any atom is -0.486 e. The van der Waals surface area contributed by atoms with Crippen molar-refractivity contribution in [3.8, 4) is 5.75 Å². The third kappa shape index (κ3) is 6.34. The van der Waals surface area contributed by atoms with Crippen LogP contribution in [0.5, 0.6) is 5.75 Å². The normalized spacial score (nSPS) is 14.6. The van der Waals surface area contributed by atoms with Gasteiger partial charge >= 0.3 is 6.18 Å². The van der Waals surface area contributed by atoms with Gasteiger partial charge in [0.25, 0.3) is 0 Å². The van der Waals surface area contributed by atoms with E-state index in [1.807, 2.05) is 12.1 Å². The Morgan fingerprint density at radius 2 is 1.69 bits per heavy atom. The van der Waals surface area contributed by atoms with E-state index in [-0.39, 0.29) is 24.9 Å². The van der Waals surface area contributed by atoms with E-state index < -0.39 is 11.7 Å². The van der Waals surface area contributed by atoms with Crippen LogP contribution in [0, 0.1) is 5.92 Å². The average Bonchev–Trinajstić information content (AvgIpc) is 2.65. The standard InChI is InChI=1S/C22H22F3NO3/c23-22(24,25)19-8-4-17(5-9-19)14-29-26-13-12-16-6-10-20(11-7-16)28-15-21(27)18-2-1-3-18/h4-11,13,18H,1-3,12,14-15H2. The highest BCUT2D eigenvalue weighted by atomic mass is 19.4. The van der Waals surface area contributed by atoms with E-state index in [4.69, 9.17) is 9.57 Å². The molecule has 0 aliphatic heterocycles. The van der Waals surface area contributed by atoms with E-state index in [0.29, 0.717) is 17.7 Å². The highest BCUT2D eigenvalue weighted by molar-refractivity contribution is 5.83. The number of hydrogen-bond acceptors (Lipinski definition) is 4. The zero-order chi connectivity index (χ0) is 20.7. The SMILES string of the molecule is O=C(COc1ccc(CC=NOCc2ccc(C(F)(F)F)cc2)cc1)C1CCC1. The van der Waals surface area contributed by atoms with E-state index in [2.05, 4.69) is 5.16 Å². The van der Waals surface area contributed by atoms with Crippen molar-refractivity contribution in [1.29, 1.82) is 0 Å². The van der Waals surface area contributed by atoms with Crippen LogP contribution in [0.3, 0.4) is 0 Å². The summed E-state index contributed by atoms with van der Waals surface area (Å²) in [5.74, 6) is 0.989. The van der Waals surface area contributed by atoms with Gasteiger partial charge in [0, 0.05) is 18.6 Å². The van der Waals surface area contributed by atoms with Crippen LogP contribution in [0.4, 0.5) is 13.2 Å². The summed E-state index contributed by atoms with van der Waals surface area (Å²) in [6, 6.07) is 12.1.